The molecular weight excluding hydrogens is 228 g/mol. The van der Waals surface area contributed by atoms with Crippen LogP contribution in [0.3, 0.4) is 0 Å². The average molecular weight is 243 g/mol. The predicted octanol–water partition coefficient (Wildman–Crippen LogP) is 1.79. The summed E-state index contributed by atoms with van der Waals surface area (Å²) in [4.78, 5) is 11.2. The molecule has 1 amide bonds. The highest BCUT2D eigenvalue weighted by Gasteiger charge is 2.01. The third-order valence-corrected chi connectivity index (χ3v) is 2.14. The molecule has 0 aliphatic rings. The van der Waals surface area contributed by atoms with E-state index in [1.807, 2.05) is 19.2 Å². The van der Waals surface area contributed by atoms with E-state index in [1.54, 1.807) is 12.1 Å². The van der Waals surface area contributed by atoms with Crippen molar-refractivity contribution < 1.29 is 9.53 Å². The Morgan fingerprint density at radius 3 is 2.94 bits per heavy atom. The van der Waals surface area contributed by atoms with Gasteiger partial charge in [-0.15, -0.1) is 0 Å². The van der Waals surface area contributed by atoms with Crippen LogP contribution >= 0.6 is 11.6 Å². The third-order valence-electron chi connectivity index (χ3n) is 1.90. The molecule has 0 saturated carbocycles. The molecule has 16 heavy (non-hydrogen) atoms. The quantitative estimate of drug-likeness (QED) is 0.774. The number of rotatable bonds is 5. The first-order valence-corrected chi connectivity index (χ1v) is 5.40. The summed E-state index contributed by atoms with van der Waals surface area (Å²) in [7, 11) is 1.82. The number of alkyl carbamates (subject to hydrolysis) is 1. The predicted molar refractivity (Wildman–Crippen MR) is 63.6 cm³/mol. The molecule has 1 rings (SSSR count). The van der Waals surface area contributed by atoms with E-state index in [9.17, 15) is 4.79 Å². The van der Waals surface area contributed by atoms with Crippen molar-refractivity contribution in [3.8, 4) is 0 Å². The first-order valence-electron chi connectivity index (χ1n) is 5.02. The minimum Gasteiger partial charge on any atom is -0.445 e. The van der Waals surface area contributed by atoms with Crippen molar-refractivity contribution in [2.24, 2.45) is 0 Å². The van der Waals surface area contributed by atoms with E-state index in [0.717, 1.165) is 5.56 Å². The van der Waals surface area contributed by atoms with Gasteiger partial charge in [0.05, 0.1) is 0 Å². The van der Waals surface area contributed by atoms with Gasteiger partial charge in [0, 0.05) is 18.1 Å². The molecule has 0 fully saturated rings. The molecule has 2 N–H and O–H groups in total. The van der Waals surface area contributed by atoms with Crippen molar-refractivity contribution in [2.45, 2.75) is 6.61 Å². The number of carbonyl (C=O) groups is 1. The Labute approximate surface area is 99.9 Å². The summed E-state index contributed by atoms with van der Waals surface area (Å²) in [5.74, 6) is 0. The average Bonchev–Trinajstić information content (AvgIpc) is 2.27. The van der Waals surface area contributed by atoms with Gasteiger partial charge in [-0.2, -0.15) is 0 Å². The maximum Gasteiger partial charge on any atom is 0.407 e. The van der Waals surface area contributed by atoms with Gasteiger partial charge in [-0.25, -0.2) is 4.79 Å². The van der Waals surface area contributed by atoms with Crippen molar-refractivity contribution in [1.29, 1.82) is 0 Å². The van der Waals surface area contributed by atoms with E-state index >= 15 is 0 Å². The Morgan fingerprint density at radius 2 is 2.25 bits per heavy atom. The second-order valence-corrected chi connectivity index (χ2v) is 3.67. The minimum atomic E-state index is -0.421. The van der Waals surface area contributed by atoms with Crippen LogP contribution in [0.5, 0.6) is 0 Å². The SMILES string of the molecule is CNCCNC(=O)OCc1cccc(Cl)c1. The van der Waals surface area contributed by atoms with Gasteiger partial charge in [-0.1, -0.05) is 23.7 Å². The molecule has 1 aromatic carbocycles. The molecule has 0 radical (unpaired) electrons. The van der Waals surface area contributed by atoms with Crippen LogP contribution in [-0.4, -0.2) is 26.2 Å². The van der Waals surface area contributed by atoms with Crippen LogP contribution < -0.4 is 10.6 Å². The van der Waals surface area contributed by atoms with E-state index in [4.69, 9.17) is 16.3 Å². The Balaban J connectivity index is 2.26. The van der Waals surface area contributed by atoms with Gasteiger partial charge >= 0.3 is 6.09 Å². The van der Waals surface area contributed by atoms with E-state index in [-0.39, 0.29) is 6.61 Å². The van der Waals surface area contributed by atoms with Crippen molar-refractivity contribution in [3.63, 3.8) is 0 Å². The number of amides is 1. The van der Waals surface area contributed by atoms with Crippen LogP contribution in [0.4, 0.5) is 4.79 Å². The summed E-state index contributed by atoms with van der Waals surface area (Å²) < 4.78 is 4.99. The zero-order valence-corrected chi connectivity index (χ0v) is 9.88. The highest BCUT2D eigenvalue weighted by atomic mass is 35.5. The fraction of sp³-hybridized carbons (Fsp3) is 0.364. The van der Waals surface area contributed by atoms with Gasteiger partial charge < -0.3 is 15.4 Å². The number of carbonyl (C=O) groups excluding carboxylic acids is 1. The van der Waals surface area contributed by atoms with Gasteiger partial charge in [0.25, 0.3) is 0 Å². The van der Waals surface area contributed by atoms with Crippen molar-refractivity contribution in [3.05, 3.63) is 34.9 Å². The molecule has 0 aliphatic heterocycles. The molecule has 0 atom stereocenters. The van der Waals surface area contributed by atoms with Crippen molar-refractivity contribution in [2.75, 3.05) is 20.1 Å². The number of nitrogens with one attached hydrogen (secondary N) is 2. The zero-order valence-electron chi connectivity index (χ0n) is 9.13. The minimum absolute atomic E-state index is 0.228. The van der Waals surface area contributed by atoms with Crippen molar-refractivity contribution in [1.82, 2.24) is 10.6 Å². The van der Waals surface area contributed by atoms with Gasteiger partial charge in [0.1, 0.15) is 6.61 Å². The summed E-state index contributed by atoms with van der Waals surface area (Å²) in [6.45, 7) is 1.49. The molecule has 0 saturated heterocycles. The van der Waals surface area contributed by atoms with Crippen LogP contribution in [0.15, 0.2) is 24.3 Å². The van der Waals surface area contributed by atoms with E-state index < -0.39 is 6.09 Å². The monoisotopic (exact) mass is 242 g/mol. The second kappa shape index (κ2) is 7.09. The number of halogens is 1. The third kappa shape index (κ3) is 5.00. The maximum absolute atomic E-state index is 11.2. The lowest BCUT2D eigenvalue weighted by Gasteiger charge is -2.06. The molecule has 5 heteroatoms. The number of ether oxygens (including phenoxy) is 1. The summed E-state index contributed by atoms with van der Waals surface area (Å²) in [5.41, 5.74) is 0.872. The largest absolute Gasteiger partial charge is 0.445 e. The van der Waals surface area contributed by atoms with Crippen LogP contribution in [0.25, 0.3) is 0 Å². The van der Waals surface area contributed by atoms with Gasteiger partial charge in [-0.05, 0) is 24.7 Å². The zero-order chi connectivity index (χ0) is 11.8. The highest BCUT2D eigenvalue weighted by molar-refractivity contribution is 6.30. The summed E-state index contributed by atoms with van der Waals surface area (Å²) in [6, 6.07) is 7.22. The Hall–Kier alpha value is -1.26. The van der Waals surface area contributed by atoms with Crippen LogP contribution in [0.1, 0.15) is 5.56 Å². The smallest absolute Gasteiger partial charge is 0.407 e. The number of benzene rings is 1. The van der Waals surface area contributed by atoms with Crippen LogP contribution in [0, 0.1) is 0 Å². The first kappa shape index (κ1) is 12.8. The fourth-order valence-corrected chi connectivity index (χ4v) is 1.33. The lowest BCUT2D eigenvalue weighted by molar-refractivity contribution is 0.140. The maximum atomic E-state index is 11.2. The molecule has 0 unspecified atom stereocenters. The first-order chi connectivity index (χ1) is 7.72. The molecule has 0 spiro atoms. The number of likely N-dealkylation sites (N-methyl/N-ethyl adjacent to an activating group) is 1. The molecule has 0 heterocycles. The van der Waals surface area contributed by atoms with Gasteiger partial charge in [-0.3, -0.25) is 0 Å². The Morgan fingerprint density at radius 1 is 1.44 bits per heavy atom. The summed E-state index contributed by atoms with van der Waals surface area (Å²) >= 11 is 5.80. The molecule has 4 nitrogen and oxygen atoms in total. The normalized spacial score (nSPS) is 9.88. The Kier molecular flexibility index (Phi) is 5.67. The lowest BCUT2D eigenvalue weighted by atomic mass is 10.2. The summed E-state index contributed by atoms with van der Waals surface area (Å²) in [5, 5.41) is 6.16. The molecule has 0 aromatic heterocycles. The van der Waals surface area contributed by atoms with E-state index in [1.165, 1.54) is 0 Å². The lowest BCUT2D eigenvalue weighted by Crippen LogP contribution is -2.30. The number of hydrogen-bond acceptors (Lipinski definition) is 3. The highest BCUT2D eigenvalue weighted by Crippen LogP contribution is 2.11. The molecular formula is C11H15ClN2O2. The molecule has 0 bridgehead atoms. The topological polar surface area (TPSA) is 50.4 Å². The van der Waals surface area contributed by atoms with Gasteiger partial charge in [0.15, 0.2) is 0 Å². The molecule has 0 aliphatic carbocycles. The number of hydrogen-bond donors (Lipinski definition) is 2. The molecule has 1 aromatic rings. The fourth-order valence-electron chi connectivity index (χ4n) is 1.12. The summed E-state index contributed by atoms with van der Waals surface area (Å²) in [6.07, 6.45) is -0.421. The van der Waals surface area contributed by atoms with Crippen LogP contribution in [-0.2, 0) is 11.3 Å². The van der Waals surface area contributed by atoms with Crippen LogP contribution in [0.2, 0.25) is 5.02 Å². The van der Waals surface area contributed by atoms with E-state index in [0.29, 0.717) is 18.1 Å². The van der Waals surface area contributed by atoms with Gasteiger partial charge in [0.2, 0.25) is 0 Å². The van der Waals surface area contributed by atoms with E-state index in [2.05, 4.69) is 10.6 Å². The molecule has 88 valence electrons. The Bertz CT molecular complexity index is 345. The second-order valence-electron chi connectivity index (χ2n) is 3.24. The van der Waals surface area contributed by atoms with Crippen molar-refractivity contribution >= 4 is 17.7 Å². The standard InChI is InChI=1S/C11H15ClN2O2/c1-13-5-6-14-11(15)16-8-9-3-2-4-10(12)7-9/h2-4,7,13H,5-6,8H2,1H3,(H,14,15).